The van der Waals surface area contributed by atoms with Crippen molar-refractivity contribution in [2.75, 3.05) is 0 Å². The number of hydrogen-bond acceptors (Lipinski definition) is 4. The highest BCUT2D eigenvalue weighted by molar-refractivity contribution is 6.32. The van der Waals surface area contributed by atoms with Gasteiger partial charge < -0.3 is 10.2 Å². The Bertz CT molecular complexity index is 671. The Hall–Kier alpha value is -2.53. The summed E-state index contributed by atoms with van der Waals surface area (Å²) in [6.45, 7) is 0. The second-order valence-corrected chi connectivity index (χ2v) is 4.33. The summed E-state index contributed by atoms with van der Waals surface area (Å²) in [6.07, 6.45) is 1.38. The lowest BCUT2D eigenvalue weighted by Crippen LogP contribution is -2.17. The van der Waals surface area contributed by atoms with E-state index in [0.717, 1.165) is 0 Å². The van der Waals surface area contributed by atoms with Crippen molar-refractivity contribution in [3.63, 3.8) is 0 Å². The van der Waals surface area contributed by atoms with E-state index in [1.54, 1.807) is 18.2 Å². The standard InChI is InChI=1S/C14H11ClN2O3/c15-11-7-9(5-6-13(11)19)8-16-17-14(20)10-3-1-2-4-12(10)18/h1-8,18-19H,(H,17,20)/b16-8-. The minimum Gasteiger partial charge on any atom is -0.507 e. The molecule has 0 aromatic heterocycles. The maximum atomic E-state index is 11.7. The molecule has 1 amide bonds. The van der Waals surface area contributed by atoms with Crippen molar-refractivity contribution >= 4 is 23.7 Å². The van der Waals surface area contributed by atoms with E-state index in [0.29, 0.717) is 5.56 Å². The molecule has 6 heteroatoms. The zero-order valence-electron chi connectivity index (χ0n) is 10.2. The van der Waals surface area contributed by atoms with Crippen LogP contribution in [0.1, 0.15) is 15.9 Å². The molecule has 5 nitrogen and oxygen atoms in total. The molecule has 0 unspecified atom stereocenters. The van der Waals surface area contributed by atoms with Crippen LogP contribution in [-0.4, -0.2) is 22.3 Å². The van der Waals surface area contributed by atoms with Crippen molar-refractivity contribution in [1.29, 1.82) is 0 Å². The molecule has 3 N–H and O–H groups in total. The third kappa shape index (κ3) is 3.27. The number of para-hydroxylation sites is 1. The maximum Gasteiger partial charge on any atom is 0.275 e. The average Bonchev–Trinajstić information content (AvgIpc) is 2.43. The van der Waals surface area contributed by atoms with Crippen molar-refractivity contribution in [1.82, 2.24) is 5.43 Å². The van der Waals surface area contributed by atoms with E-state index in [4.69, 9.17) is 11.6 Å². The summed E-state index contributed by atoms with van der Waals surface area (Å²) in [5.41, 5.74) is 3.04. The summed E-state index contributed by atoms with van der Waals surface area (Å²) in [6, 6.07) is 10.7. The van der Waals surface area contributed by atoms with E-state index in [-0.39, 0.29) is 22.1 Å². The number of phenolic OH excluding ortho intramolecular Hbond substituents is 2. The first-order valence-electron chi connectivity index (χ1n) is 5.68. The molecule has 0 aliphatic carbocycles. The molecule has 0 heterocycles. The van der Waals surface area contributed by atoms with E-state index < -0.39 is 5.91 Å². The zero-order chi connectivity index (χ0) is 14.5. The van der Waals surface area contributed by atoms with Crippen LogP contribution >= 0.6 is 11.6 Å². The molecule has 0 fully saturated rings. The highest BCUT2D eigenvalue weighted by Gasteiger charge is 2.08. The Morgan fingerprint density at radius 2 is 1.90 bits per heavy atom. The predicted octanol–water partition coefficient (Wildman–Crippen LogP) is 2.52. The number of hydrogen-bond donors (Lipinski definition) is 3. The topological polar surface area (TPSA) is 81.9 Å². The first-order chi connectivity index (χ1) is 9.58. The molecule has 2 rings (SSSR count). The molecular weight excluding hydrogens is 280 g/mol. The van der Waals surface area contributed by atoms with E-state index in [1.807, 2.05) is 0 Å². The molecule has 0 saturated carbocycles. The fourth-order valence-corrected chi connectivity index (χ4v) is 1.68. The fourth-order valence-electron chi connectivity index (χ4n) is 1.49. The van der Waals surface area contributed by atoms with Gasteiger partial charge >= 0.3 is 0 Å². The first kappa shape index (κ1) is 13.9. The summed E-state index contributed by atoms with van der Waals surface area (Å²) < 4.78 is 0. The van der Waals surface area contributed by atoms with E-state index in [2.05, 4.69) is 10.5 Å². The Morgan fingerprint density at radius 3 is 2.60 bits per heavy atom. The first-order valence-corrected chi connectivity index (χ1v) is 6.05. The monoisotopic (exact) mass is 290 g/mol. The largest absolute Gasteiger partial charge is 0.507 e. The van der Waals surface area contributed by atoms with Gasteiger partial charge in [0.25, 0.3) is 5.91 Å². The van der Waals surface area contributed by atoms with Gasteiger partial charge in [0.05, 0.1) is 16.8 Å². The number of carbonyl (C=O) groups excluding carboxylic acids is 1. The summed E-state index contributed by atoms with van der Waals surface area (Å²) in [7, 11) is 0. The van der Waals surface area contributed by atoms with Crippen molar-refractivity contribution in [2.24, 2.45) is 5.10 Å². The number of nitrogens with zero attached hydrogens (tertiary/aromatic N) is 1. The Morgan fingerprint density at radius 1 is 1.15 bits per heavy atom. The third-order valence-electron chi connectivity index (χ3n) is 2.50. The number of halogens is 1. The number of hydrazone groups is 1. The molecule has 0 aliphatic heterocycles. The van der Waals surface area contributed by atoms with Gasteiger partial charge in [0.2, 0.25) is 0 Å². The van der Waals surface area contributed by atoms with Crippen LogP contribution in [0.3, 0.4) is 0 Å². The van der Waals surface area contributed by atoms with Crippen molar-refractivity contribution in [3.8, 4) is 11.5 Å². The Balaban J connectivity index is 2.05. The smallest absolute Gasteiger partial charge is 0.275 e. The third-order valence-corrected chi connectivity index (χ3v) is 2.80. The zero-order valence-corrected chi connectivity index (χ0v) is 11.0. The molecular formula is C14H11ClN2O3. The van der Waals surface area contributed by atoms with Crippen molar-refractivity contribution < 1.29 is 15.0 Å². The van der Waals surface area contributed by atoms with Crippen LogP contribution in [-0.2, 0) is 0 Å². The van der Waals surface area contributed by atoms with Gasteiger partial charge in [0, 0.05) is 0 Å². The minimum atomic E-state index is -0.524. The number of benzene rings is 2. The van der Waals surface area contributed by atoms with Gasteiger partial charge in [-0.3, -0.25) is 4.79 Å². The number of aromatic hydroxyl groups is 2. The predicted molar refractivity (Wildman–Crippen MR) is 76.3 cm³/mol. The van der Waals surface area contributed by atoms with E-state index >= 15 is 0 Å². The molecule has 0 atom stereocenters. The van der Waals surface area contributed by atoms with E-state index in [1.165, 1.54) is 30.5 Å². The van der Waals surface area contributed by atoms with Crippen molar-refractivity contribution in [2.45, 2.75) is 0 Å². The van der Waals surface area contributed by atoms with Crippen LogP contribution < -0.4 is 5.43 Å². The molecule has 0 spiro atoms. The Labute approximate surface area is 120 Å². The van der Waals surface area contributed by atoms with Gasteiger partial charge in [0.15, 0.2) is 0 Å². The van der Waals surface area contributed by atoms with Gasteiger partial charge in [0.1, 0.15) is 11.5 Å². The minimum absolute atomic E-state index is 0.0259. The fraction of sp³-hybridized carbons (Fsp3) is 0. The lowest BCUT2D eigenvalue weighted by molar-refractivity contribution is 0.0952. The molecule has 2 aromatic rings. The van der Waals surface area contributed by atoms with Gasteiger partial charge in [-0.05, 0) is 35.9 Å². The summed E-state index contributed by atoms with van der Waals surface area (Å²) in [5.74, 6) is -0.667. The maximum absolute atomic E-state index is 11.7. The quantitative estimate of drug-likeness (QED) is 0.600. The number of nitrogens with one attached hydrogen (secondary N) is 1. The van der Waals surface area contributed by atoms with Gasteiger partial charge in [-0.15, -0.1) is 0 Å². The molecule has 0 saturated heterocycles. The SMILES string of the molecule is O=C(N/N=C\c1ccc(O)c(Cl)c1)c1ccccc1O. The Kier molecular flexibility index (Phi) is 4.22. The van der Waals surface area contributed by atoms with Crippen LogP contribution in [0.4, 0.5) is 0 Å². The normalized spacial score (nSPS) is 10.7. The molecule has 102 valence electrons. The van der Waals surface area contributed by atoms with E-state index in [9.17, 15) is 15.0 Å². The van der Waals surface area contributed by atoms with Gasteiger partial charge in [-0.25, -0.2) is 5.43 Å². The lowest BCUT2D eigenvalue weighted by Gasteiger charge is -2.02. The molecule has 0 bridgehead atoms. The molecule has 20 heavy (non-hydrogen) atoms. The summed E-state index contributed by atoms with van der Waals surface area (Å²) in [4.78, 5) is 11.7. The molecule has 0 aliphatic rings. The second-order valence-electron chi connectivity index (χ2n) is 3.93. The summed E-state index contributed by atoms with van der Waals surface area (Å²) in [5, 5.41) is 22.7. The second kappa shape index (κ2) is 6.08. The van der Waals surface area contributed by atoms with Gasteiger partial charge in [-0.1, -0.05) is 23.7 Å². The van der Waals surface area contributed by atoms with Crippen LogP contribution in [0.2, 0.25) is 5.02 Å². The molecule has 2 aromatic carbocycles. The number of carbonyl (C=O) groups is 1. The number of amides is 1. The van der Waals surface area contributed by atoms with Gasteiger partial charge in [-0.2, -0.15) is 5.10 Å². The summed E-state index contributed by atoms with van der Waals surface area (Å²) >= 11 is 5.74. The number of phenols is 2. The van der Waals surface area contributed by atoms with Crippen LogP contribution in [0, 0.1) is 0 Å². The highest BCUT2D eigenvalue weighted by Crippen LogP contribution is 2.22. The number of rotatable bonds is 3. The lowest BCUT2D eigenvalue weighted by atomic mass is 10.2. The van der Waals surface area contributed by atoms with Crippen molar-refractivity contribution in [3.05, 3.63) is 58.6 Å². The van der Waals surface area contributed by atoms with Crippen LogP contribution in [0.25, 0.3) is 0 Å². The molecule has 0 radical (unpaired) electrons. The average molecular weight is 291 g/mol. The highest BCUT2D eigenvalue weighted by atomic mass is 35.5. The van der Waals surface area contributed by atoms with Crippen LogP contribution in [0.5, 0.6) is 11.5 Å². The van der Waals surface area contributed by atoms with Crippen LogP contribution in [0.15, 0.2) is 47.6 Å².